The van der Waals surface area contributed by atoms with E-state index in [0.29, 0.717) is 30.3 Å². The van der Waals surface area contributed by atoms with Gasteiger partial charge < -0.3 is 13.8 Å². The smallest absolute Gasteiger partial charge is 0.293 e. The molecule has 4 heterocycles. The standard InChI is InChI=1S/C23H22FN5O3/c1-2-28-14-16(12-26-28)19-11-21(32-27-19)23(30)29-9-3-4-20(29)22-25-13-18(31-22)10-15-5-7-17(24)8-6-15/h5-8,11-14,20H,2-4,9-10H2,1H3/t20-/m0/s1. The lowest BCUT2D eigenvalue weighted by Crippen LogP contribution is -2.30. The van der Waals surface area contributed by atoms with Gasteiger partial charge in [0.2, 0.25) is 11.7 Å². The van der Waals surface area contributed by atoms with E-state index in [0.717, 1.165) is 30.5 Å². The quantitative estimate of drug-likeness (QED) is 0.450. The summed E-state index contributed by atoms with van der Waals surface area (Å²) in [5, 5.41) is 8.27. The minimum Gasteiger partial charge on any atom is -0.443 e. The van der Waals surface area contributed by atoms with Crippen molar-refractivity contribution in [1.29, 1.82) is 0 Å². The molecular formula is C23H22FN5O3. The number of amides is 1. The molecule has 0 spiro atoms. The van der Waals surface area contributed by atoms with Gasteiger partial charge in [-0.3, -0.25) is 9.48 Å². The van der Waals surface area contributed by atoms with Crippen molar-refractivity contribution in [2.75, 3.05) is 6.54 Å². The van der Waals surface area contributed by atoms with Crippen molar-refractivity contribution in [3.8, 4) is 11.3 Å². The zero-order valence-electron chi connectivity index (χ0n) is 17.6. The number of likely N-dealkylation sites (tertiary alicyclic amines) is 1. The Labute approximate surface area is 183 Å². The zero-order chi connectivity index (χ0) is 22.1. The summed E-state index contributed by atoms with van der Waals surface area (Å²) in [5.74, 6) is 0.821. The second-order valence-corrected chi connectivity index (χ2v) is 7.79. The van der Waals surface area contributed by atoms with Crippen LogP contribution in [0.2, 0.25) is 0 Å². The van der Waals surface area contributed by atoms with E-state index in [-0.39, 0.29) is 23.5 Å². The molecular weight excluding hydrogens is 413 g/mol. The highest BCUT2D eigenvalue weighted by molar-refractivity contribution is 5.92. The summed E-state index contributed by atoms with van der Waals surface area (Å²) in [6, 6.07) is 7.65. The van der Waals surface area contributed by atoms with Crippen LogP contribution in [0, 0.1) is 5.82 Å². The van der Waals surface area contributed by atoms with Gasteiger partial charge in [0.15, 0.2) is 0 Å². The van der Waals surface area contributed by atoms with E-state index in [1.165, 1.54) is 12.1 Å². The predicted molar refractivity (Wildman–Crippen MR) is 112 cm³/mol. The molecule has 3 aromatic heterocycles. The number of halogens is 1. The van der Waals surface area contributed by atoms with Gasteiger partial charge in [0.05, 0.1) is 12.4 Å². The Morgan fingerprint density at radius 1 is 1.25 bits per heavy atom. The molecule has 0 bridgehead atoms. The van der Waals surface area contributed by atoms with E-state index >= 15 is 0 Å². The Balaban J connectivity index is 1.31. The average Bonchev–Trinajstić information content (AvgIpc) is 3.60. The Kier molecular flexibility index (Phi) is 5.30. The highest BCUT2D eigenvalue weighted by Crippen LogP contribution is 2.33. The van der Waals surface area contributed by atoms with E-state index < -0.39 is 0 Å². The summed E-state index contributed by atoms with van der Waals surface area (Å²) in [6.45, 7) is 3.33. The third-order valence-corrected chi connectivity index (χ3v) is 5.64. The van der Waals surface area contributed by atoms with E-state index in [1.54, 1.807) is 40.2 Å². The molecule has 1 aromatic carbocycles. The van der Waals surface area contributed by atoms with Gasteiger partial charge in [0, 0.05) is 37.3 Å². The van der Waals surface area contributed by atoms with Gasteiger partial charge in [0.1, 0.15) is 23.3 Å². The van der Waals surface area contributed by atoms with Crippen LogP contribution in [-0.4, -0.2) is 37.3 Å². The highest BCUT2D eigenvalue weighted by Gasteiger charge is 2.35. The fourth-order valence-corrected chi connectivity index (χ4v) is 3.95. The summed E-state index contributed by atoms with van der Waals surface area (Å²) in [4.78, 5) is 19.3. The van der Waals surface area contributed by atoms with Crippen molar-refractivity contribution in [2.24, 2.45) is 0 Å². The number of carbonyl (C=O) groups excluding carboxylic acids is 1. The van der Waals surface area contributed by atoms with Crippen LogP contribution < -0.4 is 0 Å². The number of hydrogen-bond acceptors (Lipinski definition) is 6. The maximum Gasteiger partial charge on any atom is 0.293 e. The zero-order valence-corrected chi connectivity index (χ0v) is 17.6. The van der Waals surface area contributed by atoms with Crippen LogP contribution >= 0.6 is 0 Å². The molecule has 32 heavy (non-hydrogen) atoms. The lowest BCUT2D eigenvalue weighted by molar-refractivity contribution is 0.0672. The number of aromatic nitrogens is 4. The van der Waals surface area contributed by atoms with E-state index in [2.05, 4.69) is 15.2 Å². The summed E-state index contributed by atoms with van der Waals surface area (Å²) in [6.07, 6.45) is 7.33. The van der Waals surface area contributed by atoms with Gasteiger partial charge in [-0.15, -0.1) is 0 Å². The number of rotatable bonds is 6. The molecule has 0 radical (unpaired) electrons. The first kappa shape index (κ1) is 20.2. The van der Waals surface area contributed by atoms with Crippen LogP contribution in [0.15, 0.2) is 57.9 Å². The second-order valence-electron chi connectivity index (χ2n) is 7.79. The topological polar surface area (TPSA) is 90.2 Å². The van der Waals surface area contributed by atoms with Crippen molar-refractivity contribution in [3.63, 3.8) is 0 Å². The Bertz CT molecular complexity index is 1230. The molecule has 1 atom stereocenters. The molecule has 4 aromatic rings. The lowest BCUT2D eigenvalue weighted by atomic mass is 10.1. The lowest BCUT2D eigenvalue weighted by Gasteiger charge is -2.20. The predicted octanol–water partition coefficient (Wildman–Crippen LogP) is 4.25. The Morgan fingerprint density at radius 2 is 2.09 bits per heavy atom. The number of oxazole rings is 1. The SMILES string of the molecule is CCn1cc(-c2cc(C(=O)N3CCC[C@H]3c3ncc(Cc4ccc(F)cc4)o3)on2)cn1. The van der Waals surface area contributed by atoms with E-state index in [4.69, 9.17) is 8.94 Å². The third kappa shape index (κ3) is 3.93. The monoisotopic (exact) mass is 435 g/mol. The summed E-state index contributed by atoms with van der Waals surface area (Å²) < 4.78 is 26.2. The first-order valence-corrected chi connectivity index (χ1v) is 10.6. The maximum atomic E-state index is 13.1. The summed E-state index contributed by atoms with van der Waals surface area (Å²) in [5.41, 5.74) is 2.29. The second kappa shape index (κ2) is 8.41. The van der Waals surface area contributed by atoms with E-state index in [9.17, 15) is 9.18 Å². The molecule has 5 rings (SSSR count). The molecule has 1 fully saturated rings. The van der Waals surface area contributed by atoms with Crippen LogP contribution in [0.1, 0.15) is 53.6 Å². The van der Waals surface area contributed by atoms with Gasteiger partial charge in [-0.1, -0.05) is 17.3 Å². The van der Waals surface area contributed by atoms with Gasteiger partial charge in [-0.2, -0.15) is 5.10 Å². The molecule has 164 valence electrons. The third-order valence-electron chi connectivity index (χ3n) is 5.64. The van der Waals surface area contributed by atoms with Crippen LogP contribution in [0.5, 0.6) is 0 Å². The average molecular weight is 435 g/mol. The number of benzene rings is 1. The van der Waals surface area contributed by atoms with Crippen molar-refractivity contribution in [3.05, 3.63) is 77.7 Å². The fraction of sp³-hybridized carbons (Fsp3) is 0.304. The fourth-order valence-electron chi connectivity index (χ4n) is 3.95. The molecule has 1 aliphatic heterocycles. The molecule has 0 saturated carbocycles. The summed E-state index contributed by atoms with van der Waals surface area (Å²) in [7, 11) is 0. The maximum absolute atomic E-state index is 13.1. The highest BCUT2D eigenvalue weighted by atomic mass is 19.1. The van der Waals surface area contributed by atoms with Gasteiger partial charge in [0.25, 0.3) is 5.91 Å². The van der Waals surface area contributed by atoms with Crippen molar-refractivity contribution in [2.45, 2.75) is 38.8 Å². The van der Waals surface area contributed by atoms with Crippen molar-refractivity contribution >= 4 is 5.91 Å². The van der Waals surface area contributed by atoms with Crippen LogP contribution in [0.4, 0.5) is 4.39 Å². The number of hydrogen-bond donors (Lipinski definition) is 0. The molecule has 1 aliphatic rings. The molecule has 8 nitrogen and oxygen atoms in total. The first-order chi connectivity index (χ1) is 15.6. The van der Waals surface area contributed by atoms with Crippen LogP contribution in [0.25, 0.3) is 11.3 Å². The van der Waals surface area contributed by atoms with Gasteiger partial charge in [-0.05, 0) is 37.5 Å². The van der Waals surface area contributed by atoms with Crippen molar-refractivity contribution < 1.29 is 18.1 Å². The minimum atomic E-state index is -0.276. The first-order valence-electron chi connectivity index (χ1n) is 10.6. The van der Waals surface area contributed by atoms with Crippen molar-refractivity contribution in [1.82, 2.24) is 24.8 Å². The molecule has 0 unspecified atom stereocenters. The largest absolute Gasteiger partial charge is 0.443 e. The van der Waals surface area contributed by atoms with Crippen LogP contribution in [-0.2, 0) is 13.0 Å². The number of carbonyl (C=O) groups is 1. The van der Waals surface area contributed by atoms with E-state index in [1.807, 2.05) is 13.1 Å². The normalized spacial score (nSPS) is 16.1. The summed E-state index contributed by atoms with van der Waals surface area (Å²) >= 11 is 0. The number of nitrogens with zero attached hydrogens (tertiary/aromatic N) is 5. The number of aryl methyl sites for hydroxylation is 1. The molecule has 1 saturated heterocycles. The Morgan fingerprint density at radius 3 is 2.88 bits per heavy atom. The molecule has 9 heteroatoms. The Hall–Kier alpha value is -3.75. The molecule has 0 aliphatic carbocycles. The van der Waals surface area contributed by atoms with Gasteiger partial charge >= 0.3 is 0 Å². The molecule has 1 amide bonds. The van der Waals surface area contributed by atoms with Crippen LogP contribution in [0.3, 0.4) is 0 Å². The van der Waals surface area contributed by atoms with Gasteiger partial charge in [-0.25, -0.2) is 9.37 Å². The minimum absolute atomic E-state index is 0.175. The molecule has 0 N–H and O–H groups in total.